The molecule has 0 rings (SSSR count). The molecular formula is CH2N2O4S2-2. The second kappa shape index (κ2) is 3.77. The maximum absolute atomic E-state index is 9.77. The minimum atomic E-state index is -2.85. The fourth-order valence-corrected chi connectivity index (χ4v) is 0.836. The van der Waals surface area contributed by atoms with E-state index in [2.05, 4.69) is 5.11 Å². The molecule has 0 aromatic rings. The van der Waals surface area contributed by atoms with Crippen molar-refractivity contribution in [2.24, 2.45) is 5.11 Å². The van der Waals surface area contributed by atoms with Crippen LogP contribution in [0.25, 0.3) is 0 Å². The lowest BCUT2D eigenvalue weighted by atomic mass is 11.5. The molecule has 0 aromatic carbocycles. The fourth-order valence-electron chi connectivity index (χ4n) is 0.150. The zero-order valence-corrected chi connectivity index (χ0v) is 5.61. The monoisotopic (exact) mass is 170 g/mol. The molecule has 0 radical (unpaired) electrons. The molecule has 54 valence electrons. The first-order chi connectivity index (χ1) is 4.09. The average molecular weight is 170 g/mol. The highest BCUT2D eigenvalue weighted by atomic mass is 32.3. The predicted molar refractivity (Wildman–Crippen MR) is 26.8 cm³/mol. The van der Waals surface area contributed by atoms with Crippen LogP contribution in [0.15, 0.2) is 5.11 Å². The zero-order chi connectivity index (χ0) is 7.44. The second-order valence-electron chi connectivity index (χ2n) is 0.957. The molecule has 0 amide bonds. The van der Waals surface area contributed by atoms with Crippen LogP contribution in [0.5, 0.6) is 0 Å². The SMILES string of the molecule is N=NC(S(=O)[O-])S(=O)[O-]. The summed E-state index contributed by atoms with van der Waals surface area (Å²) in [5.41, 5.74) is 6.06. The summed E-state index contributed by atoms with van der Waals surface area (Å²) in [5.74, 6) is 0. The molecule has 0 heterocycles. The van der Waals surface area contributed by atoms with Crippen LogP contribution in [0.3, 0.4) is 0 Å². The van der Waals surface area contributed by atoms with E-state index in [9.17, 15) is 17.5 Å². The third-order valence-electron chi connectivity index (χ3n) is 0.435. The highest BCUT2D eigenvalue weighted by Gasteiger charge is 2.05. The minimum absolute atomic E-state index is 1.95. The van der Waals surface area contributed by atoms with Gasteiger partial charge in [-0.1, -0.05) is 0 Å². The van der Waals surface area contributed by atoms with E-state index in [0.717, 1.165) is 0 Å². The summed E-state index contributed by atoms with van der Waals surface area (Å²) < 4.78 is 37.1. The van der Waals surface area contributed by atoms with Crippen molar-refractivity contribution in [3.63, 3.8) is 0 Å². The van der Waals surface area contributed by atoms with Gasteiger partial charge in [0.1, 0.15) is 0 Å². The molecule has 1 N–H and O–H groups in total. The van der Waals surface area contributed by atoms with Gasteiger partial charge in [0.25, 0.3) is 0 Å². The van der Waals surface area contributed by atoms with Gasteiger partial charge in [-0.2, -0.15) is 5.11 Å². The Balaban J connectivity index is 4.16. The fraction of sp³-hybridized carbons (Fsp3) is 1.00. The Kier molecular flexibility index (Phi) is 3.70. The Morgan fingerprint density at radius 2 is 1.67 bits per heavy atom. The predicted octanol–water partition coefficient (Wildman–Crippen LogP) is -0.941. The van der Waals surface area contributed by atoms with Crippen molar-refractivity contribution in [1.82, 2.24) is 0 Å². The van der Waals surface area contributed by atoms with E-state index < -0.39 is 26.9 Å². The van der Waals surface area contributed by atoms with Crippen LogP contribution in [-0.4, -0.2) is 22.2 Å². The van der Waals surface area contributed by atoms with Crippen molar-refractivity contribution < 1.29 is 17.5 Å². The van der Waals surface area contributed by atoms with E-state index in [4.69, 9.17) is 5.53 Å². The number of rotatable bonds is 3. The Labute approximate surface area is 55.7 Å². The molecule has 8 heteroatoms. The van der Waals surface area contributed by atoms with Crippen molar-refractivity contribution >= 4 is 22.2 Å². The van der Waals surface area contributed by atoms with Crippen LogP contribution in [0.2, 0.25) is 0 Å². The third-order valence-corrected chi connectivity index (χ3v) is 2.25. The highest BCUT2D eigenvalue weighted by molar-refractivity contribution is 7.97. The van der Waals surface area contributed by atoms with Crippen LogP contribution in [-0.2, 0) is 22.2 Å². The molecule has 0 bridgehead atoms. The molecule has 0 aliphatic carbocycles. The van der Waals surface area contributed by atoms with Gasteiger partial charge in [-0.15, -0.1) is 0 Å². The Morgan fingerprint density at radius 3 is 1.67 bits per heavy atom. The molecular weight excluding hydrogens is 168 g/mol. The van der Waals surface area contributed by atoms with E-state index in [1.54, 1.807) is 0 Å². The molecule has 0 saturated carbocycles. The largest absolute Gasteiger partial charge is 0.770 e. The number of hydrogen-bond acceptors (Lipinski definition) is 6. The van der Waals surface area contributed by atoms with Gasteiger partial charge in [0.15, 0.2) is 4.71 Å². The van der Waals surface area contributed by atoms with Crippen LogP contribution >= 0.6 is 0 Å². The second-order valence-corrected chi connectivity index (χ2v) is 3.19. The Morgan fingerprint density at radius 1 is 1.33 bits per heavy atom. The summed E-state index contributed by atoms with van der Waals surface area (Å²) in [6, 6.07) is 0. The molecule has 2 atom stereocenters. The molecule has 0 spiro atoms. The number of nitrogens with one attached hydrogen (secondary N) is 1. The molecule has 0 fully saturated rings. The molecule has 0 aliphatic heterocycles. The van der Waals surface area contributed by atoms with Crippen molar-refractivity contribution in [2.75, 3.05) is 0 Å². The lowest BCUT2D eigenvalue weighted by molar-refractivity contribution is 0.511. The summed E-state index contributed by atoms with van der Waals surface area (Å²) >= 11 is -5.70. The summed E-state index contributed by atoms with van der Waals surface area (Å²) in [5, 5.41) is 2.31. The summed E-state index contributed by atoms with van der Waals surface area (Å²) in [4.78, 5) is 0. The lowest BCUT2D eigenvalue weighted by Gasteiger charge is -2.15. The molecule has 2 unspecified atom stereocenters. The Bertz CT molecular complexity index is 143. The number of nitrogens with zero attached hydrogens (tertiary/aromatic N) is 1. The first-order valence-electron chi connectivity index (χ1n) is 1.62. The quantitative estimate of drug-likeness (QED) is 0.434. The van der Waals surface area contributed by atoms with Crippen LogP contribution < -0.4 is 0 Å². The van der Waals surface area contributed by atoms with Gasteiger partial charge in [0, 0.05) is 0 Å². The van der Waals surface area contributed by atoms with Gasteiger partial charge in [-0.25, -0.2) is 5.53 Å². The summed E-state index contributed by atoms with van der Waals surface area (Å²) in [6.07, 6.45) is 0. The lowest BCUT2D eigenvalue weighted by Crippen LogP contribution is -2.16. The van der Waals surface area contributed by atoms with Crippen molar-refractivity contribution in [2.45, 2.75) is 4.71 Å². The standard InChI is InChI=1S/CH4N2O4S2/c2-3-1(8(4)5)9(6)7/h1-2H,(H,4,5)(H,6,7)/p-2. The van der Waals surface area contributed by atoms with Crippen molar-refractivity contribution in [3.8, 4) is 0 Å². The van der Waals surface area contributed by atoms with Gasteiger partial charge in [0.2, 0.25) is 0 Å². The van der Waals surface area contributed by atoms with Gasteiger partial charge in [-0.3, -0.25) is 8.42 Å². The van der Waals surface area contributed by atoms with Crippen LogP contribution in [0, 0.1) is 5.53 Å². The number of hydrogen-bond donors (Lipinski definition) is 1. The molecule has 0 aliphatic rings. The van der Waals surface area contributed by atoms with Gasteiger partial charge < -0.3 is 9.11 Å². The van der Waals surface area contributed by atoms with E-state index in [1.165, 1.54) is 0 Å². The topological polar surface area (TPSA) is 116 Å². The zero-order valence-electron chi connectivity index (χ0n) is 3.97. The van der Waals surface area contributed by atoms with Gasteiger partial charge in [0.05, 0.1) is 0 Å². The molecule has 0 saturated heterocycles. The molecule has 9 heavy (non-hydrogen) atoms. The van der Waals surface area contributed by atoms with E-state index in [-0.39, 0.29) is 0 Å². The molecule has 0 aromatic heterocycles. The van der Waals surface area contributed by atoms with Crippen molar-refractivity contribution in [3.05, 3.63) is 0 Å². The normalized spacial score (nSPS) is 20.2. The summed E-state index contributed by atoms with van der Waals surface area (Å²) in [6.45, 7) is 0. The van der Waals surface area contributed by atoms with Gasteiger partial charge in [-0.05, 0) is 22.2 Å². The maximum atomic E-state index is 9.77. The average Bonchev–Trinajstić information content (AvgIpc) is 1.64. The van der Waals surface area contributed by atoms with Crippen LogP contribution in [0.4, 0.5) is 0 Å². The van der Waals surface area contributed by atoms with Crippen molar-refractivity contribution in [1.29, 1.82) is 5.53 Å². The van der Waals surface area contributed by atoms with E-state index >= 15 is 0 Å². The first-order valence-corrected chi connectivity index (χ1v) is 3.90. The first kappa shape index (κ1) is 8.82. The Hall–Kier alpha value is -0.180. The summed E-state index contributed by atoms with van der Waals surface area (Å²) in [7, 11) is 0. The van der Waals surface area contributed by atoms with E-state index in [1.807, 2.05) is 0 Å². The third kappa shape index (κ3) is 2.75. The van der Waals surface area contributed by atoms with Gasteiger partial charge >= 0.3 is 0 Å². The minimum Gasteiger partial charge on any atom is -0.770 e. The smallest absolute Gasteiger partial charge is 0.193 e. The maximum Gasteiger partial charge on any atom is 0.193 e. The highest BCUT2D eigenvalue weighted by Crippen LogP contribution is 1.97. The van der Waals surface area contributed by atoms with Crippen LogP contribution in [0.1, 0.15) is 0 Å². The molecule has 6 nitrogen and oxygen atoms in total. The van der Waals surface area contributed by atoms with E-state index in [0.29, 0.717) is 0 Å².